The minimum atomic E-state index is -0.437. The maximum Gasteiger partial charge on any atom is 0.337 e. The summed E-state index contributed by atoms with van der Waals surface area (Å²) in [5.41, 5.74) is 0.420. The van der Waals surface area contributed by atoms with Gasteiger partial charge in [-0.1, -0.05) is 19.3 Å². The van der Waals surface area contributed by atoms with Gasteiger partial charge in [0, 0.05) is 18.8 Å². The molecular weight excluding hydrogens is 260 g/mol. The number of esters is 1. The van der Waals surface area contributed by atoms with E-state index < -0.39 is 5.97 Å². The first-order chi connectivity index (χ1) is 9.74. The van der Waals surface area contributed by atoms with Crippen molar-refractivity contribution >= 4 is 12.3 Å². The maximum absolute atomic E-state index is 11.6. The van der Waals surface area contributed by atoms with Crippen LogP contribution in [-0.4, -0.2) is 31.8 Å². The van der Waals surface area contributed by atoms with Crippen LogP contribution in [0, 0.1) is 5.92 Å². The Kier molecular flexibility index (Phi) is 5.59. The summed E-state index contributed by atoms with van der Waals surface area (Å²) in [6.07, 6.45) is 8.68. The fourth-order valence-electron chi connectivity index (χ4n) is 2.84. The molecule has 112 valence electrons. The molecule has 0 bridgehead atoms. The van der Waals surface area contributed by atoms with Crippen molar-refractivity contribution in [3.63, 3.8) is 0 Å². The van der Waals surface area contributed by atoms with E-state index in [1.165, 1.54) is 32.6 Å². The molecule has 5 nitrogen and oxygen atoms in total. The van der Waals surface area contributed by atoms with E-state index in [2.05, 4.69) is 0 Å². The zero-order valence-electron chi connectivity index (χ0n) is 11.9. The van der Waals surface area contributed by atoms with Crippen molar-refractivity contribution in [1.29, 1.82) is 0 Å². The van der Waals surface area contributed by atoms with E-state index in [1.54, 1.807) is 0 Å². The third-order valence-corrected chi connectivity index (χ3v) is 3.96. The van der Waals surface area contributed by atoms with Crippen molar-refractivity contribution in [2.45, 2.75) is 57.3 Å². The van der Waals surface area contributed by atoms with Gasteiger partial charge in [-0.2, -0.15) is 0 Å². The highest BCUT2D eigenvalue weighted by Crippen LogP contribution is 2.31. The normalized spacial score (nSPS) is 27.4. The van der Waals surface area contributed by atoms with Crippen molar-refractivity contribution in [3.8, 4) is 0 Å². The summed E-state index contributed by atoms with van der Waals surface area (Å²) in [5.74, 6) is -0.616. The smallest absolute Gasteiger partial charge is 0.337 e. The molecule has 2 atom stereocenters. The predicted octanol–water partition coefficient (Wildman–Crippen LogP) is 2.34. The summed E-state index contributed by atoms with van der Waals surface area (Å²) >= 11 is 0. The molecule has 0 aromatic carbocycles. The van der Waals surface area contributed by atoms with Crippen molar-refractivity contribution < 1.29 is 23.8 Å². The Balaban J connectivity index is 1.95. The van der Waals surface area contributed by atoms with E-state index in [-0.39, 0.29) is 24.7 Å². The Morgan fingerprint density at radius 1 is 1.40 bits per heavy atom. The monoisotopic (exact) mass is 282 g/mol. The quantitative estimate of drug-likeness (QED) is 0.572. The fourth-order valence-corrected chi connectivity index (χ4v) is 2.84. The highest BCUT2D eigenvalue weighted by atomic mass is 16.7. The first kappa shape index (κ1) is 15.0. The van der Waals surface area contributed by atoms with E-state index in [9.17, 15) is 9.59 Å². The Morgan fingerprint density at radius 3 is 2.80 bits per heavy atom. The van der Waals surface area contributed by atoms with E-state index >= 15 is 0 Å². The minimum Gasteiger partial charge on any atom is -0.472 e. The minimum absolute atomic E-state index is 0.178. The van der Waals surface area contributed by atoms with Gasteiger partial charge in [0.2, 0.25) is 0 Å². The Bertz CT molecular complexity index is 370. The van der Waals surface area contributed by atoms with Gasteiger partial charge in [0.1, 0.15) is 6.29 Å². The lowest BCUT2D eigenvalue weighted by Gasteiger charge is -2.32. The molecule has 0 radical (unpaired) electrons. The lowest BCUT2D eigenvalue weighted by molar-refractivity contribution is -0.166. The number of hydrogen-bond acceptors (Lipinski definition) is 5. The first-order valence-electron chi connectivity index (χ1n) is 7.27. The van der Waals surface area contributed by atoms with Crippen LogP contribution in [0.4, 0.5) is 0 Å². The molecule has 1 aliphatic carbocycles. The molecule has 0 aromatic rings. The second kappa shape index (κ2) is 7.43. The number of ether oxygens (including phenoxy) is 3. The topological polar surface area (TPSA) is 61.8 Å². The zero-order chi connectivity index (χ0) is 14.4. The maximum atomic E-state index is 11.6. The summed E-state index contributed by atoms with van der Waals surface area (Å²) in [6.45, 7) is 0. The van der Waals surface area contributed by atoms with E-state index in [4.69, 9.17) is 14.2 Å². The second-order valence-corrected chi connectivity index (χ2v) is 5.36. The molecule has 0 amide bonds. The molecule has 0 spiro atoms. The van der Waals surface area contributed by atoms with Crippen molar-refractivity contribution in [2.75, 3.05) is 7.11 Å². The summed E-state index contributed by atoms with van der Waals surface area (Å²) in [4.78, 5) is 22.4. The van der Waals surface area contributed by atoms with Gasteiger partial charge in [-0.3, -0.25) is 0 Å². The highest BCUT2D eigenvalue weighted by Gasteiger charge is 2.32. The molecule has 1 fully saturated rings. The summed E-state index contributed by atoms with van der Waals surface area (Å²) < 4.78 is 16.1. The third kappa shape index (κ3) is 3.82. The van der Waals surface area contributed by atoms with Crippen LogP contribution in [0.3, 0.4) is 0 Å². The molecule has 2 aliphatic rings. The molecule has 5 heteroatoms. The Hall–Kier alpha value is -1.36. The van der Waals surface area contributed by atoms with Crippen LogP contribution in [0.5, 0.6) is 0 Å². The Labute approximate surface area is 119 Å². The van der Waals surface area contributed by atoms with Gasteiger partial charge in [-0.15, -0.1) is 0 Å². The van der Waals surface area contributed by atoms with Crippen molar-refractivity contribution in [2.24, 2.45) is 5.92 Å². The van der Waals surface area contributed by atoms with Gasteiger partial charge in [0.05, 0.1) is 25.0 Å². The summed E-state index contributed by atoms with van der Waals surface area (Å²) in [5, 5.41) is 0. The van der Waals surface area contributed by atoms with Gasteiger partial charge in [-0.05, 0) is 12.8 Å². The zero-order valence-corrected chi connectivity index (χ0v) is 11.9. The van der Waals surface area contributed by atoms with Crippen LogP contribution in [0.25, 0.3) is 0 Å². The van der Waals surface area contributed by atoms with E-state index in [0.29, 0.717) is 12.0 Å². The van der Waals surface area contributed by atoms with Crippen LogP contribution in [0.15, 0.2) is 11.8 Å². The number of carbonyl (C=O) groups excluding carboxylic acids is 2. The Morgan fingerprint density at radius 2 is 2.15 bits per heavy atom. The largest absolute Gasteiger partial charge is 0.472 e. The van der Waals surface area contributed by atoms with Gasteiger partial charge in [0.25, 0.3) is 0 Å². The first-order valence-corrected chi connectivity index (χ1v) is 7.27. The van der Waals surface area contributed by atoms with Crippen LogP contribution < -0.4 is 0 Å². The molecule has 20 heavy (non-hydrogen) atoms. The van der Waals surface area contributed by atoms with Crippen LogP contribution in [-0.2, 0) is 23.8 Å². The highest BCUT2D eigenvalue weighted by molar-refractivity contribution is 5.89. The van der Waals surface area contributed by atoms with Gasteiger partial charge < -0.3 is 19.0 Å². The van der Waals surface area contributed by atoms with Crippen molar-refractivity contribution in [1.82, 2.24) is 0 Å². The summed E-state index contributed by atoms with van der Waals surface area (Å²) in [6, 6.07) is 0. The number of hydrogen-bond donors (Lipinski definition) is 0. The van der Waals surface area contributed by atoms with Crippen LogP contribution in [0.2, 0.25) is 0 Å². The molecule has 0 N–H and O–H groups in total. The molecule has 2 rings (SSSR count). The average molecular weight is 282 g/mol. The predicted molar refractivity (Wildman–Crippen MR) is 71.7 cm³/mol. The van der Waals surface area contributed by atoms with Gasteiger partial charge >= 0.3 is 5.97 Å². The van der Waals surface area contributed by atoms with Gasteiger partial charge in [-0.25, -0.2) is 4.79 Å². The molecular formula is C15H22O5. The summed E-state index contributed by atoms with van der Waals surface area (Å²) in [7, 11) is 1.33. The lowest BCUT2D eigenvalue weighted by atomic mass is 9.91. The number of aldehydes is 1. The van der Waals surface area contributed by atoms with E-state index in [1.807, 2.05) is 0 Å². The molecule has 1 aliphatic heterocycles. The van der Waals surface area contributed by atoms with E-state index in [0.717, 1.165) is 19.1 Å². The third-order valence-electron chi connectivity index (χ3n) is 3.96. The lowest BCUT2D eigenvalue weighted by Crippen LogP contribution is -2.32. The second-order valence-electron chi connectivity index (χ2n) is 5.36. The molecule has 1 saturated carbocycles. The fraction of sp³-hybridized carbons (Fsp3) is 0.733. The molecule has 1 heterocycles. The van der Waals surface area contributed by atoms with Gasteiger partial charge in [0.15, 0.2) is 6.29 Å². The average Bonchev–Trinajstić information content (AvgIpc) is 2.48. The van der Waals surface area contributed by atoms with Crippen molar-refractivity contribution in [3.05, 3.63) is 11.8 Å². The standard InChI is InChI=1S/C15H22O5/c1-18-15(17)13-10-19-14(9-11(13)7-8-16)20-12-5-3-2-4-6-12/h8,10-12,14H,2-7,9H2,1H3/t11-,14?/m0/s1. The molecule has 1 unspecified atom stereocenters. The SMILES string of the molecule is COC(=O)C1=COC(OC2CCCCC2)C[C@@H]1CC=O. The number of methoxy groups -OCH3 is 1. The van der Waals surface area contributed by atoms with Crippen LogP contribution >= 0.6 is 0 Å². The molecule has 0 saturated heterocycles. The number of carbonyl (C=O) groups is 2. The molecule has 0 aromatic heterocycles. The van der Waals surface area contributed by atoms with Crippen LogP contribution in [0.1, 0.15) is 44.9 Å². The number of rotatable bonds is 5.